The largest absolute Gasteiger partial charge is 0.483 e. The number of H-pyrrole nitrogens is 1. The molecule has 2 rings (SSSR count). The molecule has 6 heteroatoms. The fraction of sp³-hybridized carbons (Fsp3) is 0. The van der Waals surface area contributed by atoms with Gasteiger partial charge in [-0.2, -0.15) is 0 Å². The molecule has 2 aromatic heterocycles. The fourth-order valence-corrected chi connectivity index (χ4v) is 0.886. The average molecular weight is 261 g/mol. The fourth-order valence-electron chi connectivity index (χ4n) is 0.643. The Kier molecular flexibility index (Phi) is 9.06. The minimum absolute atomic E-state index is 0.250. The predicted octanol–water partition coefficient (Wildman–Crippen LogP) is 3.10. The molecule has 0 aromatic carbocycles. The number of nitrogens with zero attached hydrogens (tertiary/aromatic N) is 1. The summed E-state index contributed by atoms with van der Waals surface area (Å²) in [6.45, 7) is -0.250. The van der Waals surface area contributed by atoms with Crippen molar-refractivity contribution >= 4 is 29.7 Å². The van der Waals surface area contributed by atoms with E-state index in [-0.39, 0.29) is 6.47 Å². The number of rotatable bonds is 0. The highest BCUT2D eigenvalue weighted by molar-refractivity contribution is 6.41. The average Bonchev–Trinajstić information content (AvgIpc) is 2.68. The predicted molar refractivity (Wildman–Crippen MR) is 63.7 cm³/mol. The maximum Gasteiger partial charge on any atom is 0.290 e. The van der Waals surface area contributed by atoms with Crippen molar-refractivity contribution in [2.75, 3.05) is 0 Å². The summed E-state index contributed by atoms with van der Waals surface area (Å²) in [4.78, 5) is 14.8. The van der Waals surface area contributed by atoms with Gasteiger partial charge in [-0.1, -0.05) is 29.3 Å². The van der Waals surface area contributed by atoms with Gasteiger partial charge >= 0.3 is 0 Å². The van der Waals surface area contributed by atoms with Crippen LogP contribution in [0, 0.1) is 0 Å². The number of hydrogen-bond donors (Lipinski definition) is 2. The first kappa shape index (κ1) is 14.5. The van der Waals surface area contributed by atoms with Crippen LogP contribution >= 0.6 is 23.2 Å². The molecule has 0 aliphatic rings. The number of halogens is 2. The molecule has 0 unspecified atom stereocenters. The van der Waals surface area contributed by atoms with Gasteiger partial charge in [0, 0.05) is 18.6 Å². The summed E-state index contributed by atoms with van der Waals surface area (Å²) in [6, 6.07) is 7.41. The number of pyridine rings is 1. The zero-order valence-electron chi connectivity index (χ0n) is 8.18. The molecular weight excluding hydrogens is 251 g/mol. The highest BCUT2D eigenvalue weighted by Crippen LogP contribution is 2.17. The van der Waals surface area contributed by atoms with Gasteiger partial charge in [-0.15, -0.1) is 0 Å². The van der Waals surface area contributed by atoms with E-state index in [1.54, 1.807) is 24.7 Å². The number of aromatic nitrogens is 2. The third kappa shape index (κ3) is 7.84. The third-order valence-electron chi connectivity index (χ3n) is 1.22. The van der Waals surface area contributed by atoms with Gasteiger partial charge in [-0.05, 0) is 18.2 Å². The summed E-state index contributed by atoms with van der Waals surface area (Å²) in [5.74, 6) is 0. The van der Waals surface area contributed by atoms with Crippen molar-refractivity contribution in [3.63, 3.8) is 0 Å². The molecule has 0 aliphatic carbocycles. The van der Waals surface area contributed by atoms with Crippen molar-refractivity contribution in [3.8, 4) is 0 Å². The van der Waals surface area contributed by atoms with E-state index in [1.165, 1.54) is 0 Å². The van der Waals surface area contributed by atoms with Crippen molar-refractivity contribution in [1.82, 2.24) is 9.97 Å². The summed E-state index contributed by atoms with van der Waals surface area (Å²) in [7, 11) is 0. The Balaban J connectivity index is 0.000000230. The number of hydrogen-bond acceptors (Lipinski definition) is 2. The summed E-state index contributed by atoms with van der Waals surface area (Å²) in [5, 5.41) is 7.96. The monoisotopic (exact) mass is 260 g/mol. The van der Waals surface area contributed by atoms with Gasteiger partial charge in [-0.25, -0.2) is 0 Å². The summed E-state index contributed by atoms with van der Waals surface area (Å²) in [6.07, 6.45) is 5.19. The molecule has 0 atom stereocenters. The van der Waals surface area contributed by atoms with Gasteiger partial charge in [0.15, 0.2) is 0 Å². The second kappa shape index (κ2) is 10.0. The molecule has 4 nitrogen and oxygen atoms in total. The zero-order chi connectivity index (χ0) is 12.2. The Morgan fingerprint density at radius 3 is 1.94 bits per heavy atom. The van der Waals surface area contributed by atoms with Gasteiger partial charge in [0.2, 0.25) is 0 Å². The molecule has 86 valence electrons. The van der Waals surface area contributed by atoms with E-state index in [4.69, 9.17) is 33.1 Å². The van der Waals surface area contributed by atoms with Gasteiger partial charge in [0.25, 0.3) is 6.47 Å². The van der Waals surface area contributed by atoms with Crippen molar-refractivity contribution < 1.29 is 9.90 Å². The Labute approximate surface area is 103 Å². The maximum atomic E-state index is 8.36. The van der Waals surface area contributed by atoms with Crippen molar-refractivity contribution in [1.29, 1.82) is 0 Å². The van der Waals surface area contributed by atoms with E-state index < -0.39 is 0 Å². The van der Waals surface area contributed by atoms with E-state index in [2.05, 4.69) is 9.97 Å². The molecule has 2 N–H and O–H groups in total. The topological polar surface area (TPSA) is 66.0 Å². The minimum atomic E-state index is -0.250. The van der Waals surface area contributed by atoms with Gasteiger partial charge in [0.1, 0.15) is 5.15 Å². The molecule has 2 heterocycles. The quantitative estimate of drug-likeness (QED) is 0.716. The second-order valence-corrected chi connectivity index (χ2v) is 3.05. The van der Waals surface area contributed by atoms with Crippen LogP contribution < -0.4 is 0 Å². The lowest BCUT2D eigenvalue weighted by Gasteiger charge is -1.75. The molecule has 0 spiro atoms. The van der Waals surface area contributed by atoms with E-state index in [9.17, 15) is 0 Å². The normalized spacial score (nSPS) is 7.88. The molecule has 0 fully saturated rings. The Morgan fingerprint density at radius 2 is 1.81 bits per heavy atom. The highest BCUT2D eigenvalue weighted by atomic mass is 35.5. The number of nitrogens with one attached hydrogen (secondary N) is 1. The molecule has 2 aromatic rings. The molecule has 0 bridgehead atoms. The first-order valence-corrected chi connectivity index (χ1v) is 4.89. The van der Waals surface area contributed by atoms with Crippen molar-refractivity contribution in [2.45, 2.75) is 0 Å². The summed E-state index contributed by atoms with van der Waals surface area (Å²) >= 11 is 10.9. The minimum Gasteiger partial charge on any atom is -0.483 e. The van der Waals surface area contributed by atoms with Gasteiger partial charge < -0.3 is 10.1 Å². The van der Waals surface area contributed by atoms with Crippen LogP contribution in [-0.4, -0.2) is 21.5 Å². The van der Waals surface area contributed by atoms with Crippen LogP contribution in [0.4, 0.5) is 0 Å². The first-order chi connectivity index (χ1) is 7.72. The van der Waals surface area contributed by atoms with E-state index >= 15 is 0 Å². The van der Waals surface area contributed by atoms with Crippen LogP contribution in [0.15, 0.2) is 42.9 Å². The van der Waals surface area contributed by atoms with Crippen LogP contribution in [0.2, 0.25) is 10.2 Å². The standard InChI is InChI=1S/C5H5N.C4H3Cl2N.CH2O2/c1-2-4-6-5-3-1;5-3-1-2-7-4(3)6;2-1-3/h1-5H;1-2,7H;1H,(H,2,3). The smallest absolute Gasteiger partial charge is 0.290 e. The van der Waals surface area contributed by atoms with E-state index in [1.807, 2.05) is 18.2 Å². The lowest BCUT2D eigenvalue weighted by atomic mass is 10.5. The summed E-state index contributed by atoms with van der Waals surface area (Å²) < 4.78 is 0. The lowest BCUT2D eigenvalue weighted by molar-refractivity contribution is -0.122. The van der Waals surface area contributed by atoms with Gasteiger partial charge in [-0.3, -0.25) is 9.78 Å². The Hall–Kier alpha value is -1.52. The number of carboxylic acid groups (broad SMARTS) is 1. The van der Waals surface area contributed by atoms with Crippen LogP contribution in [0.3, 0.4) is 0 Å². The third-order valence-corrected chi connectivity index (χ3v) is 1.94. The lowest BCUT2D eigenvalue weighted by Crippen LogP contribution is -1.58. The number of aromatic amines is 1. The Bertz CT molecular complexity index is 336. The molecular formula is C10H10Cl2N2O2. The van der Waals surface area contributed by atoms with Crippen molar-refractivity contribution in [3.05, 3.63) is 53.0 Å². The molecule has 0 radical (unpaired) electrons. The van der Waals surface area contributed by atoms with Crippen LogP contribution in [0.5, 0.6) is 0 Å². The van der Waals surface area contributed by atoms with Crippen LogP contribution in [0.25, 0.3) is 0 Å². The molecule has 0 saturated heterocycles. The molecule has 0 aliphatic heterocycles. The first-order valence-electron chi connectivity index (χ1n) is 4.13. The summed E-state index contributed by atoms with van der Waals surface area (Å²) in [5.41, 5.74) is 0. The molecule has 0 saturated carbocycles. The SMILES string of the molecule is Clc1cc[nH]c1Cl.O=CO.c1ccncc1. The number of carbonyl (C=O) groups is 1. The second-order valence-electron chi connectivity index (χ2n) is 2.27. The van der Waals surface area contributed by atoms with E-state index in [0.29, 0.717) is 10.2 Å². The van der Waals surface area contributed by atoms with E-state index in [0.717, 1.165) is 0 Å². The van der Waals surface area contributed by atoms with Crippen molar-refractivity contribution in [2.24, 2.45) is 0 Å². The zero-order valence-corrected chi connectivity index (χ0v) is 9.69. The van der Waals surface area contributed by atoms with Gasteiger partial charge in [0.05, 0.1) is 5.02 Å². The molecule has 0 amide bonds. The highest BCUT2D eigenvalue weighted by Gasteiger charge is 1.91. The Morgan fingerprint density at radius 1 is 1.25 bits per heavy atom. The maximum absolute atomic E-state index is 8.36. The van der Waals surface area contributed by atoms with Crippen LogP contribution in [0.1, 0.15) is 0 Å². The molecule has 16 heavy (non-hydrogen) atoms. The van der Waals surface area contributed by atoms with Crippen LogP contribution in [-0.2, 0) is 4.79 Å².